The lowest BCUT2D eigenvalue weighted by Crippen LogP contribution is -2.30. The van der Waals surface area contributed by atoms with Crippen LogP contribution >= 0.6 is 0 Å². The topological polar surface area (TPSA) is 52.6 Å². The number of hydrogen-bond acceptors (Lipinski definition) is 4. The van der Waals surface area contributed by atoms with Crippen molar-refractivity contribution < 1.29 is 45.7 Å². The highest BCUT2D eigenvalue weighted by molar-refractivity contribution is 5.85. The van der Waals surface area contributed by atoms with Crippen LogP contribution in [-0.2, 0) is 19.4 Å². The van der Waals surface area contributed by atoms with E-state index in [2.05, 4.69) is 9.78 Å². The largest absolute Gasteiger partial charge is 0.452 e. The van der Waals surface area contributed by atoms with Crippen molar-refractivity contribution in [2.24, 2.45) is 0 Å². The van der Waals surface area contributed by atoms with E-state index in [4.69, 9.17) is 0 Å². The molecule has 10 heteroatoms. The van der Waals surface area contributed by atoms with Gasteiger partial charge in [0.2, 0.25) is 0 Å². The van der Waals surface area contributed by atoms with Gasteiger partial charge in [0, 0.05) is 0 Å². The van der Waals surface area contributed by atoms with E-state index in [-0.39, 0.29) is 0 Å². The van der Waals surface area contributed by atoms with Crippen molar-refractivity contribution in [3.8, 4) is 0 Å². The van der Waals surface area contributed by atoms with Crippen molar-refractivity contribution in [1.29, 1.82) is 0 Å². The molecule has 94 valence electrons. The summed E-state index contributed by atoms with van der Waals surface area (Å²) >= 11 is 0. The van der Waals surface area contributed by atoms with Crippen LogP contribution in [0.5, 0.6) is 0 Å². The third kappa shape index (κ3) is 5.66. The predicted octanol–water partition coefficient (Wildman–Crippen LogP) is 1.20. The number of carbonyl (C=O) groups excluding carboxylic acids is 2. The number of carbonyl (C=O) groups is 2. The number of alkyl halides is 6. The maximum atomic E-state index is 11.5. The van der Waals surface area contributed by atoms with E-state index < -0.39 is 37.1 Å². The van der Waals surface area contributed by atoms with Crippen LogP contribution in [0.15, 0.2) is 0 Å². The van der Waals surface area contributed by atoms with E-state index in [1.807, 2.05) is 0 Å². The Hall–Kier alpha value is -1.16. The molecule has 16 heavy (non-hydrogen) atoms. The van der Waals surface area contributed by atoms with Crippen LogP contribution in [0.2, 0.25) is 0 Å². The van der Waals surface area contributed by atoms with Gasteiger partial charge in [-0.15, -0.1) is 0 Å². The van der Waals surface area contributed by atoms with Crippen molar-refractivity contribution >= 4 is 11.6 Å². The average Bonchev–Trinajstić information content (AvgIpc) is 2.08. The van der Waals surface area contributed by atoms with Gasteiger partial charge in [0.05, 0.1) is 0 Å². The molecule has 0 rings (SSSR count). The zero-order valence-corrected chi connectivity index (χ0v) is 7.31. The Bertz CT molecular complexity index is 239. The van der Waals surface area contributed by atoms with Crippen molar-refractivity contribution in [3.05, 3.63) is 0 Å². The minimum Gasteiger partial charge on any atom is -0.287 e. The molecule has 0 aromatic rings. The van der Waals surface area contributed by atoms with Crippen LogP contribution in [0.4, 0.5) is 26.3 Å². The predicted molar refractivity (Wildman–Crippen MR) is 34.0 cm³/mol. The van der Waals surface area contributed by atoms with Crippen molar-refractivity contribution in [2.75, 3.05) is 13.2 Å². The van der Waals surface area contributed by atoms with E-state index in [0.29, 0.717) is 0 Å². The molecule has 0 aliphatic heterocycles. The fourth-order valence-electron chi connectivity index (χ4n) is 0.354. The minimum absolute atomic E-state index is 1.62. The van der Waals surface area contributed by atoms with Gasteiger partial charge in [0.1, 0.15) is 0 Å². The van der Waals surface area contributed by atoms with Gasteiger partial charge >= 0.3 is 12.4 Å². The van der Waals surface area contributed by atoms with Gasteiger partial charge in [0.15, 0.2) is 13.2 Å². The molecule has 0 aromatic carbocycles. The lowest BCUT2D eigenvalue weighted by atomic mass is 10.4. The number of rotatable bonds is 5. The Morgan fingerprint density at radius 2 is 1.00 bits per heavy atom. The van der Waals surface area contributed by atoms with Gasteiger partial charge in [-0.05, 0) is 0 Å². The first kappa shape index (κ1) is 14.8. The molecule has 0 N–H and O–H groups in total. The van der Waals surface area contributed by atoms with Crippen LogP contribution in [0.1, 0.15) is 0 Å². The zero-order valence-electron chi connectivity index (χ0n) is 7.31. The first-order valence-electron chi connectivity index (χ1n) is 3.49. The lowest BCUT2D eigenvalue weighted by Gasteiger charge is -2.06. The summed E-state index contributed by atoms with van der Waals surface area (Å²) in [7, 11) is 0. The number of halogens is 6. The molecule has 0 aromatic heterocycles. The highest BCUT2D eigenvalue weighted by Crippen LogP contribution is 2.17. The molecule has 0 aliphatic carbocycles. The molecule has 0 fully saturated rings. The van der Waals surface area contributed by atoms with Gasteiger partial charge < -0.3 is 0 Å². The second-order valence-electron chi connectivity index (χ2n) is 2.37. The van der Waals surface area contributed by atoms with Crippen molar-refractivity contribution in [3.63, 3.8) is 0 Å². The Morgan fingerprint density at radius 3 is 1.19 bits per heavy atom. The van der Waals surface area contributed by atoms with Gasteiger partial charge in [-0.1, -0.05) is 0 Å². The average molecular weight is 254 g/mol. The minimum atomic E-state index is -5.17. The van der Waals surface area contributed by atoms with E-state index in [9.17, 15) is 35.9 Å². The lowest BCUT2D eigenvalue weighted by molar-refractivity contribution is -0.293. The first-order chi connectivity index (χ1) is 7.05. The second-order valence-corrected chi connectivity index (χ2v) is 2.37. The fraction of sp³-hybridized carbons (Fsp3) is 0.667. The molecule has 0 aliphatic rings. The molecule has 0 saturated heterocycles. The van der Waals surface area contributed by atoms with Gasteiger partial charge in [-0.25, -0.2) is 9.78 Å². The maximum absolute atomic E-state index is 11.5. The van der Waals surface area contributed by atoms with Crippen molar-refractivity contribution in [1.82, 2.24) is 0 Å². The number of Topliss-reactive ketones (excluding diaryl/α,β-unsaturated/α-hetero) is 2. The van der Waals surface area contributed by atoms with Crippen LogP contribution < -0.4 is 0 Å². The normalized spacial score (nSPS) is 12.6. The van der Waals surface area contributed by atoms with Crippen molar-refractivity contribution in [2.45, 2.75) is 12.4 Å². The molecule has 0 spiro atoms. The first-order valence-corrected chi connectivity index (χ1v) is 3.49. The van der Waals surface area contributed by atoms with E-state index in [1.165, 1.54) is 0 Å². The molecule has 4 nitrogen and oxygen atoms in total. The third-order valence-electron chi connectivity index (χ3n) is 1.10. The molecular weight excluding hydrogens is 250 g/mol. The van der Waals surface area contributed by atoms with E-state index in [1.54, 1.807) is 0 Å². The summed E-state index contributed by atoms with van der Waals surface area (Å²) in [6.45, 7) is -3.23. The zero-order chi connectivity index (χ0) is 13.0. The van der Waals surface area contributed by atoms with Crippen LogP contribution in [-0.4, -0.2) is 37.1 Å². The molecule has 0 heterocycles. The van der Waals surface area contributed by atoms with Crippen LogP contribution in [0.3, 0.4) is 0 Å². The van der Waals surface area contributed by atoms with Gasteiger partial charge in [0.25, 0.3) is 11.6 Å². The Balaban J connectivity index is 3.79. The number of ketones is 2. The SMILES string of the molecule is O=C(COOCC(=O)C(F)(F)F)C(F)(F)F. The molecule has 0 saturated carbocycles. The smallest absolute Gasteiger partial charge is 0.287 e. The summed E-state index contributed by atoms with van der Waals surface area (Å²) in [5, 5.41) is 0. The van der Waals surface area contributed by atoms with Gasteiger partial charge in [-0.2, -0.15) is 26.3 Å². The molecule has 0 amide bonds. The summed E-state index contributed by atoms with van der Waals surface area (Å²) in [6.07, 6.45) is -10.3. The Morgan fingerprint density at radius 1 is 0.750 bits per heavy atom. The highest BCUT2D eigenvalue weighted by atomic mass is 19.4. The molecule has 0 atom stereocenters. The monoisotopic (exact) mass is 254 g/mol. The summed E-state index contributed by atoms with van der Waals surface area (Å²) in [5.74, 6) is -4.68. The molecule has 0 radical (unpaired) electrons. The highest BCUT2D eigenvalue weighted by Gasteiger charge is 2.40. The number of hydrogen-bond donors (Lipinski definition) is 0. The van der Waals surface area contributed by atoms with Crippen LogP contribution in [0, 0.1) is 0 Å². The van der Waals surface area contributed by atoms with Gasteiger partial charge in [-0.3, -0.25) is 9.59 Å². The summed E-state index contributed by atoms with van der Waals surface area (Å²) in [6, 6.07) is 0. The Kier molecular flexibility index (Phi) is 4.87. The summed E-state index contributed by atoms with van der Waals surface area (Å²) in [5.41, 5.74) is 0. The molecular formula is C6H4F6O4. The maximum Gasteiger partial charge on any atom is 0.452 e. The third-order valence-corrected chi connectivity index (χ3v) is 1.10. The van der Waals surface area contributed by atoms with E-state index in [0.717, 1.165) is 0 Å². The summed E-state index contributed by atoms with van der Waals surface area (Å²) in [4.78, 5) is 27.1. The quantitative estimate of drug-likeness (QED) is 0.320. The summed E-state index contributed by atoms with van der Waals surface area (Å²) < 4.78 is 69.0. The second kappa shape index (κ2) is 5.25. The Labute approximate surface area is 84.0 Å². The van der Waals surface area contributed by atoms with Crippen LogP contribution in [0.25, 0.3) is 0 Å². The molecule has 0 unspecified atom stereocenters. The standard InChI is InChI=1S/C6H4F6O4/c7-5(8,9)3(13)1-15-16-2-4(14)6(10,11)12/h1-2H2. The fourth-order valence-corrected chi connectivity index (χ4v) is 0.354. The van der Waals surface area contributed by atoms with E-state index >= 15 is 0 Å². The molecule has 0 bridgehead atoms.